The van der Waals surface area contributed by atoms with Gasteiger partial charge < -0.3 is 9.42 Å². The first-order valence-electron chi connectivity index (χ1n) is 9.67. The molecule has 1 saturated heterocycles. The lowest BCUT2D eigenvalue weighted by Crippen LogP contribution is -2.24. The summed E-state index contributed by atoms with van der Waals surface area (Å²) in [6.07, 6.45) is 4.93. The Bertz CT molecular complexity index is 1310. The van der Waals surface area contributed by atoms with Crippen molar-refractivity contribution in [1.82, 2.24) is 29.9 Å². The van der Waals surface area contributed by atoms with Crippen LogP contribution in [-0.2, 0) is 6.54 Å². The Balaban J connectivity index is 1.16. The van der Waals surface area contributed by atoms with Crippen molar-refractivity contribution in [2.75, 3.05) is 18.0 Å². The van der Waals surface area contributed by atoms with E-state index in [0.29, 0.717) is 39.5 Å². The number of fused-ring (bicyclic) bond motifs is 2. The van der Waals surface area contributed by atoms with Gasteiger partial charge in [0, 0.05) is 36.4 Å². The van der Waals surface area contributed by atoms with E-state index in [1.807, 2.05) is 6.07 Å². The fourth-order valence-corrected chi connectivity index (χ4v) is 4.54. The second-order valence-electron chi connectivity index (χ2n) is 7.68. The average Bonchev–Trinajstić information content (AvgIpc) is 3.10. The quantitative estimate of drug-likeness (QED) is 0.493. The molecule has 0 spiro atoms. The van der Waals surface area contributed by atoms with Crippen molar-refractivity contribution in [3.8, 4) is 0 Å². The van der Waals surface area contributed by atoms with E-state index in [9.17, 15) is 4.79 Å². The Labute approximate surface area is 175 Å². The highest BCUT2D eigenvalue weighted by atomic mass is 35.5. The van der Waals surface area contributed by atoms with E-state index < -0.39 is 0 Å². The Morgan fingerprint density at radius 3 is 2.87 bits per heavy atom. The molecule has 30 heavy (non-hydrogen) atoms. The topological polar surface area (TPSA) is 103 Å². The van der Waals surface area contributed by atoms with Crippen molar-refractivity contribution < 1.29 is 4.52 Å². The van der Waals surface area contributed by atoms with Crippen LogP contribution in [0.4, 0.5) is 5.82 Å². The van der Waals surface area contributed by atoms with Gasteiger partial charge in [-0.1, -0.05) is 16.8 Å². The molecule has 5 heterocycles. The van der Waals surface area contributed by atoms with Crippen LogP contribution in [0.25, 0.3) is 10.9 Å². The van der Waals surface area contributed by atoms with Crippen LogP contribution in [0.5, 0.6) is 0 Å². The average molecular weight is 422 g/mol. The summed E-state index contributed by atoms with van der Waals surface area (Å²) in [7, 11) is 0. The van der Waals surface area contributed by atoms with E-state index >= 15 is 0 Å². The number of hydrogen-bond acceptors (Lipinski definition) is 8. The summed E-state index contributed by atoms with van der Waals surface area (Å²) < 4.78 is 6.73. The summed E-state index contributed by atoms with van der Waals surface area (Å²) in [5.41, 5.74) is 0.336. The third-order valence-corrected chi connectivity index (χ3v) is 6.15. The molecule has 0 N–H and O–H groups in total. The number of pyridine rings is 2. The summed E-state index contributed by atoms with van der Waals surface area (Å²) in [6.45, 7) is 1.92. The molecule has 1 aliphatic carbocycles. The van der Waals surface area contributed by atoms with Gasteiger partial charge in [-0.25, -0.2) is 9.67 Å². The Hall–Kier alpha value is -3.33. The zero-order chi connectivity index (χ0) is 20.2. The van der Waals surface area contributed by atoms with Gasteiger partial charge in [-0.05, 0) is 36.1 Å². The largest absolute Gasteiger partial charge is 0.356 e. The molecule has 0 amide bonds. The fourth-order valence-electron chi connectivity index (χ4n) is 4.39. The van der Waals surface area contributed by atoms with Crippen LogP contribution in [0.3, 0.4) is 0 Å². The maximum atomic E-state index is 12.6. The summed E-state index contributed by atoms with van der Waals surface area (Å²) in [6, 6.07) is 7.12. The van der Waals surface area contributed by atoms with Crippen LogP contribution in [0.2, 0.25) is 5.02 Å². The highest BCUT2D eigenvalue weighted by molar-refractivity contribution is 6.30. The third-order valence-electron chi connectivity index (χ3n) is 5.92. The van der Waals surface area contributed by atoms with Crippen LogP contribution in [0.1, 0.15) is 17.6 Å². The lowest BCUT2D eigenvalue weighted by Gasteiger charge is -2.20. The van der Waals surface area contributed by atoms with E-state index in [0.717, 1.165) is 18.9 Å². The smallest absolute Gasteiger partial charge is 0.276 e. The molecule has 0 bridgehead atoms. The molecule has 2 aliphatic rings. The molecular formula is C20H16ClN7O2. The van der Waals surface area contributed by atoms with Crippen molar-refractivity contribution in [2.24, 2.45) is 11.8 Å². The minimum Gasteiger partial charge on any atom is -0.356 e. The van der Waals surface area contributed by atoms with E-state index in [2.05, 4.69) is 30.1 Å². The minimum atomic E-state index is -0.228. The number of halogens is 1. The van der Waals surface area contributed by atoms with Crippen molar-refractivity contribution in [3.05, 3.63) is 69.9 Å². The Morgan fingerprint density at radius 2 is 2.03 bits per heavy atom. The molecule has 0 radical (unpaired) electrons. The molecule has 6 rings (SSSR count). The molecular weight excluding hydrogens is 406 g/mol. The van der Waals surface area contributed by atoms with Crippen LogP contribution < -0.4 is 10.5 Å². The number of nitrogens with zero attached hydrogens (tertiary/aromatic N) is 7. The van der Waals surface area contributed by atoms with Gasteiger partial charge in [-0.3, -0.25) is 9.78 Å². The number of piperidine rings is 1. The highest BCUT2D eigenvalue weighted by Gasteiger charge is 2.58. The predicted octanol–water partition coefficient (Wildman–Crippen LogP) is 2.12. The van der Waals surface area contributed by atoms with Gasteiger partial charge in [-0.15, -0.1) is 0 Å². The molecule has 9 nitrogen and oxygen atoms in total. The second-order valence-corrected chi connectivity index (χ2v) is 8.12. The predicted molar refractivity (Wildman–Crippen MR) is 108 cm³/mol. The number of anilines is 1. The first kappa shape index (κ1) is 17.5. The van der Waals surface area contributed by atoms with E-state index in [4.69, 9.17) is 16.1 Å². The van der Waals surface area contributed by atoms with Gasteiger partial charge in [-0.2, -0.15) is 10.1 Å². The number of aromatic nitrogens is 6. The second kappa shape index (κ2) is 6.60. The minimum absolute atomic E-state index is 0.136. The van der Waals surface area contributed by atoms with Gasteiger partial charge in [0.25, 0.3) is 5.56 Å². The molecule has 1 saturated carbocycles. The van der Waals surface area contributed by atoms with Crippen molar-refractivity contribution in [3.63, 3.8) is 0 Å². The van der Waals surface area contributed by atoms with Crippen LogP contribution in [0.15, 0.2) is 52.2 Å². The van der Waals surface area contributed by atoms with Crippen LogP contribution in [-0.4, -0.2) is 43.0 Å². The SMILES string of the molecule is O=c1c2cccnc2cnn1Cc1nc(C2[C@H]3CN(c4cc(Cl)ccn4)C[C@@H]23)no1. The Kier molecular flexibility index (Phi) is 3.85. The van der Waals surface area contributed by atoms with Gasteiger partial charge >= 0.3 is 0 Å². The number of rotatable bonds is 4. The highest BCUT2D eigenvalue weighted by Crippen LogP contribution is 2.57. The van der Waals surface area contributed by atoms with Gasteiger partial charge in [0.1, 0.15) is 12.4 Å². The Morgan fingerprint density at radius 1 is 1.17 bits per heavy atom. The van der Waals surface area contributed by atoms with Crippen molar-refractivity contribution in [1.29, 1.82) is 0 Å². The monoisotopic (exact) mass is 421 g/mol. The van der Waals surface area contributed by atoms with Gasteiger partial charge in [0.05, 0.1) is 17.1 Å². The van der Waals surface area contributed by atoms with Gasteiger partial charge in [0.15, 0.2) is 5.82 Å². The molecule has 1 unspecified atom stereocenters. The lowest BCUT2D eigenvalue weighted by molar-refractivity contribution is 0.358. The fraction of sp³-hybridized carbons (Fsp3) is 0.300. The molecule has 1 aliphatic heterocycles. The van der Waals surface area contributed by atoms with E-state index in [1.165, 1.54) is 4.68 Å². The lowest BCUT2D eigenvalue weighted by atomic mass is 10.2. The van der Waals surface area contributed by atoms with Crippen LogP contribution in [0, 0.1) is 11.8 Å². The molecule has 0 aromatic carbocycles. The first-order chi connectivity index (χ1) is 14.7. The molecule has 4 aromatic rings. The standard InChI is InChI=1S/C20H16ClN7O2/c21-11-3-5-23-16(6-11)27-8-13-14(9-27)18(13)19-25-17(30-26-19)10-28-20(29)12-2-1-4-22-15(12)7-24-28/h1-7,13-14,18H,8-10H2/t13-,14+,18?. The molecule has 4 aromatic heterocycles. The number of hydrogen-bond donors (Lipinski definition) is 0. The summed E-state index contributed by atoms with van der Waals surface area (Å²) in [4.78, 5) is 27.9. The normalized spacial score (nSPS) is 22.4. The maximum Gasteiger partial charge on any atom is 0.276 e. The van der Waals surface area contributed by atoms with Crippen molar-refractivity contribution >= 4 is 28.3 Å². The molecule has 2 fully saturated rings. The molecule has 3 atom stereocenters. The third kappa shape index (κ3) is 2.85. The molecule has 10 heteroatoms. The zero-order valence-corrected chi connectivity index (χ0v) is 16.5. The van der Waals surface area contributed by atoms with E-state index in [-0.39, 0.29) is 18.0 Å². The summed E-state index contributed by atoms with van der Waals surface area (Å²) in [5, 5.41) is 9.53. The summed E-state index contributed by atoms with van der Waals surface area (Å²) in [5.74, 6) is 3.21. The maximum absolute atomic E-state index is 12.6. The first-order valence-corrected chi connectivity index (χ1v) is 10.0. The van der Waals surface area contributed by atoms with Crippen molar-refractivity contribution in [2.45, 2.75) is 12.5 Å². The zero-order valence-electron chi connectivity index (χ0n) is 15.7. The van der Waals surface area contributed by atoms with E-state index in [1.54, 1.807) is 36.8 Å². The summed E-state index contributed by atoms with van der Waals surface area (Å²) >= 11 is 6.08. The molecule has 150 valence electrons. The van der Waals surface area contributed by atoms with Crippen LogP contribution >= 0.6 is 11.6 Å². The van der Waals surface area contributed by atoms with Gasteiger partial charge in [0.2, 0.25) is 5.89 Å².